The summed E-state index contributed by atoms with van der Waals surface area (Å²) in [6.07, 6.45) is 2.17. The number of benzene rings is 1. The van der Waals surface area contributed by atoms with Crippen molar-refractivity contribution in [3.8, 4) is 0 Å². The van der Waals surface area contributed by atoms with Crippen molar-refractivity contribution >= 4 is 28.9 Å². The first kappa shape index (κ1) is 21.1. The smallest absolute Gasteiger partial charge is 0.319 e. The molecule has 8 nitrogen and oxygen atoms in total. The van der Waals surface area contributed by atoms with E-state index in [4.69, 9.17) is 4.74 Å². The lowest BCUT2D eigenvalue weighted by Crippen LogP contribution is -2.45. The zero-order valence-electron chi connectivity index (χ0n) is 17.6. The van der Waals surface area contributed by atoms with E-state index in [1.165, 1.54) is 0 Å². The Bertz CT molecular complexity index is 840. The summed E-state index contributed by atoms with van der Waals surface area (Å²) < 4.78 is 7.50. The number of carbonyl (C=O) groups is 2. The van der Waals surface area contributed by atoms with Gasteiger partial charge in [0.05, 0.1) is 11.0 Å². The van der Waals surface area contributed by atoms with Gasteiger partial charge >= 0.3 is 6.03 Å². The third-order valence-electron chi connectivity index (χ3n) is 5.28. The molecule has 0 atom stereocenters. The van der Waals surface area contributed by atoms with Gasteiger partial charge in [-0.1, -0.05) is 12.1 Å². The SMILES string of the molecule is CCOCCCn1c(NC(=O)C2CCN(C(=O)N(C)C)CC2)nc2ccccc21. The van der Waals surface area contributed by atoms with Gasteiger partial charge in [-0.05, 0) is 38.3 Å². The quantitative estimate of drug-likeness (QED) is 0.724. The van der Waals surface area contributed by atoms with Crippen molar-refractivity contribution in [2.75, 3.05) is 45.7 Å². The fraction of sp³-hybridized carbons (Fsp3) is 0.571. The summed E-state index contributed by atoms with van der Waals surface area (Å²) in [5.74, 6) is 0.445. The van der Waals surface area contributed by atoms with Gasteiger partial charge in [-0.2, -0.15) is 0 Å². The Kier molecular flexibility index (Phi) is 7.09. The number of amides is 3. The standard InChI is InChI=1S/C21H31N5O3/c1-4-29-15-7-12-26-18-9-6-5-8-17(18)22-20(26)23-19(27)16-10-13-25(14-11-16)21(28)24(2)3/h5-6,8-9,16H,4,7,10-15H2,1-3H3,(H,22,23,27). The Morgan fingerprint density at radius 3 is 2.66 bits per heavy atom. The van der Waals surface area contributed by atoms with Gasteiger partial charge in [0.15, 0.2) is 0 Å². The van der Waals surface area contributed by atoms with Crippen LogP contribution in [0.2, 0.25) is 0 Å². The highest BCUT2D eigenvalue weighted by atomic mass is 16.5. The summed E-state index contributed by atoms with van der Waals surface area (Å²) in [5.41, 5.74) is 1.87. The number of nitrogens with zero attached hydrogens (tertiary/aromatic N) is 4. The molecule has 1 N–H and O–H groups in total. The summed E-state index contributed by atoms with van der Waals surface area (Å²) in [6, 6.07) is 7.90. The van der Waals surface area contributed by atoms with Crippen molar-refractivity contribution in [1.82, 2.24) is 19.4 Å². The molecule has 1 saturated heterocycles. The summed E-state index contributed by atoms with van der Waals surface area (Å²) in [7, 11) is 3.49. The topological polar surface area (TPSA) is 79.7 Å². The van der Waals surface area contributed by atoms with Crippen LogP contribution >= 0.6 is 0 Å². The fourth-order valence-corrected chi connectivity index (χ4v) is 3.69. The van der Waals surface area contributed by atoms with Gasteiger partial charge in [-0.15, -0.1) is 0 Å². The molecular formula is C21H31N5O3. The number of imidazole rings is 1. The summed E-state index contributed by atoms with van der Waals surface area (Å²) >= 11 is 0. The highest BCUT2D eigenvalue weighted by Gasteiger charge is 2.28. The van der Waals surface area contributed by atoms with Crippen LogP contribution < -0.4 is 5.32 Å². The molecule has 1 aliphatic heterocycles. The maximum atomic E-state index is 12.9. The Balaban J connectivity index is 1.66. The number of aromatic nitrogens is 2. The van der Waals surface area contributed by atoms with E-state index in [0.717, 1.165) is 24.0 Å². The van der Waals surface area contributed by atoms with E-state index >= 15 is 0 Å². The molecule has 29 heavy (non-hydrogen) atoms. The molecule has 8 heteroatoms. The van der Waals surface area contributed by atoms with Crippen LogP contribution in [0, 0.1) is 5.92 Å². The minimum absolute atomic E-state index is 0.0000472. The van der Waals surface area contributed by atoms with Crippen LogP contribution in [0.1, 0.15) is 26.2 Å². The van der Waals surface area contributed by atoms with Gasteiger partial charge in [0.1, 0.15) is 0 Å². The predicted molar refractivity (Wildman–Crippen MR) is 113 cm³/mol. The van der Waals surface area contributed by atoms with Crippen molar-refractivity contribution in [2.45, 2.75) is 32.7 Å². The lowest BCUT2D eigenvalue weighted by atomic mass is 9.96. The molecule has 2 heterocycles. The average molecular weight is 402 g/mol. The van der Waals surface area contributed by atoms with Crippen molar-refractivity contribution in [1.29, 1.82) is 0 Å². The first-order valence-electron chi connectivity index (χ1n) is 10.3. The second-order valence-corrected chi connectivity index (χ2v) is 7.55. The minimum atomic E-state index is -0.113. The van der Waals surface area contributed by atoms with Gasteiger partial charge in [0.25, 0.3) is 0 Å². The second kappa shape index (κ2) is 9.73. The molecule has 2 aromatic rings. The van der Waals surface area contributed by atoms with Crippen LogP contribution in [0.3, 0.4) is 0 Å². The van der Waals surface area contributed by atoms with Crippen molar-refractivity contribution in [3.63, 3.8) is 0 Å². The molecule has 0 spiro atoms. The van der Waals surface area contributed by atoms with Crippen LogP contribution in [0.15, 0.2) is 24.3 Å². The molecular weight excluding hydrogens is 370 g/mol. The predicted octanol–water partition coefficient (Wildman–Crippen LogP) is 2.80. The Labute approximate surface area is 171 Å². The van der Waals surface area contributed by atoms with Crippen LogP contribution in [0.25, 0.3) is 11.0 Å². The van der Waals surface area contributed by atoms with E-state index in [2.05, 4.69) is 14.9 Å². The number of likely N-dealkylation sites (tertiary alicyclic amines) is 1. The zero-order chi connectivity index (χ0) is 20.8. The molecule has 0 bridgehead atoms. The lowest BCUT2D eigenvalue weighted by molar-refractivity contribution is -0.121. The van der Waals surface area contributed by atoms with Crippen molar-refractivity contribution in [3.05, 3.63) is 24.3 Å². The Hall–Kier alpha value is -2.61. The maximum Gasteiger partial charge on any atom is 0.319 e. The molecule has 1 aromatic heterocycles. The number of piperidine rings is 1. The van der Waals surface area contributed by atoms with E-state index in [1.807, 2.05) is 31.2 Å². The molecule has 0 saturated carbocycles. The summed E-state index contributed by atoms with van der Waals surface area (Å²) in [5, 5.41) is 3.04. The molecule has 158 valence electrons. The summed E-state index contributed by atoms with van der Waals surface area (Å²) in [6.45, 7) is 5.28. The number of anilines is 1. The molecule has 1 fully saturated rings. The molecule has 0 aliphatic carbocycles. The molecule has 3 rings (SSSR count). The second-order valence-electron chi connectivity index (χ2n) is 7.55. The van der Waals surface area contributed by atoms with E-state index in [1.54, 1.807) is 23.9 Å². The molecule has 1 aliphatic rings. The van der Waals surface area contributed by atoms with Gasteiger partial charge in [0, 0.05) is 52.9 Å². The molecule has 1 aromatic carbocycles. The number of hydrogen-bond acceptors (Lipinski definition) is 4. The number of hydrogen-bond donors (Lipinski definition) is 1. The molecule has 0 unspecified atom stereocenters. The molecule has 3 amide bonds. The summed E-state index contributed by atoms with van der Waals surface area (Å²) in [4.78, 5) is 33.0. The number of carbonyl (C=O) groups excluding carboxylic acids is 2. The third-order valence-corrected chi connectivity index (χ3v) is 5.28. The van der Waals surface area contributed by atoms with E-state index in [-0.39, 0.29) is 17.9 Å². The van der Waals surface area contributed by atoms with Crippen molar-refractivity contribution < 1.29 is 14.3 Å². The number of urea groups is 1. The monoisotopic (exact) mass is 401 g/mol. The minimum Gasteiger partial charge on any atom is -0.382 e. The average Bonchev–Trinajstić information content (AvgIpc) is 3.07. The lowest BCUT2D eigenvalue weighted by Gasteiger charge is -2.33. The number of fused-ring (bicyclic) bond motifs is 1. The number of para-hydroxylation sites is 2. The van der Waals surface area contributed by atoms with Crippen molar-refractivity contribution in [2.24, 2.45) is 5.92 Å². The van der Waals surface area contributed by atoms with Gasteiger partial charge in [-0.3, -0.25) is 10.1 Å². The van der Waals surface area contributed by atoms with Crippen LogP contribution in [0.4, 0.5) is 10.7 Å². The third kappa shape index (κ3) is 5.06. The largest absolute Gasteiger partial charge is 0.382 e. The van der Waals surface area contributed by atoms with E-state index in [9.17, 15) is 9.59 Å². The van der Waals surface area contributed by atoms with E-state index < -0.39 is 0 Å². The number of rotatable bonds is 7. The van der Waals surface area contributed by atoms with Gasteiger partial charge in [0.2, 0.25) is 11.9 Å². The first-order chi connectivity index (χ1) is 14.0. The molecule has 0 radical (unpaired) electrons. The number of aryl methyl sites for hydroxylation is 1. The highest BCUT2D eigenvalue weighted by Crippen LogP contribution is 2.23. The first-order valence-corrected chi connectivity index (χ1v) is 10.3. The number of nitrogens with one attached hydrogen (secondary N) is 1. The van der Waals surface area contributed by atoms with Gasteiger partial charge < -0.3 is 19.1 Å². The Morgan fingerprint density at radius 2 is 1.97 bits per heavy atom. The Morgan fingerprint density at radius 1 is 1.24 bits per heavy atom. The van der Waals surface area contributed by atoms with Crippen LogP contribution in [0.5, 0.6) is 0 Å². The number of ether oxygens (including phenoxy) is 1. The van der Waals surface area contributed by atoms with Gasteiger partial charge in [-0.25, -0.2) is 9.78 Å². The normalized spacial score (nSPS) is 14.9. The van der Waals surface area contributed by atoms with Crippen LogP contribution in [-0.2, 0) is 16.1 Å². The van der Waals surface area contributed by atoms with E-state index in [0.29, 0.717) is 45.1 Å². The maximum absolute atomic E-state index is 12.9. The fourth-order valence-electron chi connectivity index (χ4n) is 3.69. The highest BCUT2D eigenvalue weighted by molar-refractivity contribution is 5.93. The van der Waals surface area contributed by atoms with Crippen LogP contribution in [-0.4, -0.2) is 71.7 Å². The zero-order valence-corrected chi connectivity index (χ0v) is 17.6.